The van der Waals surface area contributed by atoms with Crippen LogP contribution in [0.25, 0.3) is 0 Å². The molecule has 5 unspecified atom stereocenters. The van der Waals surface area contributed by atoms with Gasteiger partial charge in [-0.15, -0.1) is 0 Å². The predicted molar refractivity (Wildman–Crippen MR) is 128 cm³/mol. The number of carboxylic acid groups (broad SMARTS) is 2. The van der Waals surface area contributed by atoms with E-state index in [1.807, 2.05) is 37.3 Å². The SMILES string of the molecule is CCC(C)C(NC(=O)C(N)Cc1ccccc1)C(=O)NC(C(=O)NC(CC(=O)O)C(=O)O)C(C)C. The first kappa shape index (κ1) is 29.6. The van der Waals surface area contributed by atoms with E-state index in [1.165, 1.54) is 0 Å². The molecule has 3 amide bonds. The fourth-order valence-corrected chi connectivity index (χ4v) is 3.34. The molecule has 0 bridgehead atoms. The standard InChI is InChI=1S/C24H36N4O7/c1-5-14(4)20(28-21(31)16(25)11-15-9-7-6-8-10-15)23(33)27-19(13(2)3)22(32)26-17(24(34)35)12-18(29)30/h6-10,13-14,16-17,19-20H,5,11-12,25H2,1-4H3,(H,26,32)(H,27,33)(H,28,31)(H,29,30)(H,34,35). The number of benzene rings is 1. The van der Waals surface area contributed by atoms with Crippen LogP contribution >= 0.6 is 0 Å². The number of carboxylic acids is 2. The molecule has 0 fully saturated rings. The normalized spacial score (nSPS) is 15.3. The Morgan fingerprint density at radius 3 is 1.89 bits per heavy atom. The molecule has 11 heteroatoms. The fraction of sp³-hybridized carbons (Fsp3) is 0.542. The van der Waals surface area contributed by atoms with Crippen LogP contribution in [0.2, 0.25) is 0 Å². The van der Waals surface area contributed by atoms with Crippen molar-refractivity contribution in [3.8, 4) is 0 Å². The average Bonchev–Trinajstić information content (AvgIpc) is 2.79. The van der Waals surface area contributed by atoms with Crippen molar-refractivity contribution in [3.63, 3.8) is 0 Å². The maximum absolute atomic E-state index is 13.1. The van der Waals surface area contributed by atoms with E-state index < -0.39 is 66.2 Å². The van der Waals surface area contributed by atoms with Crippen molar-refractivity contribution < 1.29 is 34.2 Å². The highest BCUT2D eigenvalue weighted by atomic mass is 16.4. The average molecular weight is 493 g/mol. The van der Waals surface area contributed by atoms with Crippen molar-refractivity contribution in [3.05, 3.63) is 35.9 Å². The second-order valence-electron chi connectivity index (χ2n) is 8.90. The van der Waals surface area contributed by atoms with Crippen molar-refractivity contribution in [2.75, 3.05) is 0 Å². The third-order valence-electron chi connectivity index (χ3n) is 5.67. The van der Waals surface area contributed by atoms with Crippen LogP contribution in [-0.4, -0.2) is 64.0 Å². The van der Waals surface area contributed by atoms with Crippen molar-refractivity contribution in [2.24, 2.45) is 17.6 Å². The van der Waals surface area contributed by atoms with Crippen molar-refractivity contribution in [1.82, 2.24) is 16.0 Å². The van der Waals surface area contributed by atoms with Gasteiger partial charge in [-0.1, -0.05) is 64.4 Å². The Hall–Kier alpha value is -3.47. The third-order valence-corrected chi connectivity index (χ3v) is 5.67. The molecule has 5 atom stereocenters. The summed E-state index contributed by atoms with van der Waals surface area (Å²) in [6.45, 7) is 6.90. The molecular weight excluding hydrogens is 456 g/mol. The number of carbonyl (C=O) groups excluding carboxylic acids is 3. The summed E-state index contributed by atoms with van der Waals surface area (Å²) in [5.41, 5.74) is 6.91. The lowest BCUT2D eigenvalue weighted by Crippen LogP contribution is -2.60. The molecule has 0 spiro atoms. The highest BCUT2D eigenvalue weighted by molar-refractivity contribution is 5.95. The zero-order valence-corrected chi connectivity index (χ0v) is 20.5. The summed E-state index contributed by atoms with van der Waals surface area (Å²) in [5.74, 6) is -5.63. The zero-order chi connectivity index (χ0) is 26.7. The molecule has 35 heavy (non-hydrogen) atoms. The molecule has 1 aromatic rings. The number of amides is 3. The predicted octanol–water partition coefficient (Wildman–Crippen LogP) is 0.272. The van der Waals surface area contributed by atoms with Gasteiger partial charge in [-0.25, -0.2) is 4.79 Å². The van der Waals surface area contributed by atoms with Gasteiger partial charge in [0.1, 0.15) is 18.1 Å². The second-order valence-corrected chi connectivity index (χ2v) is 8.90. The molecular formula is C24H36N4O7. The first-order valence-corrected chi connectivity index (χ1v) is 11.5. The Labute approximate surface area is 204 Å². The van der Waals surface area contributed by atoms with Crippen LogP contribution in [-0.2, 0) is 30.4 Å². The molecule has 0 saturated carbocycles. The molecule has 11 nitrogen and oxygen atoms in total. The summed E-state index contributed by atoms with van der Waals surface area (Å²) < 4.78 is 0. The molecule has 194 valence electrons. The molecule has 0 saturated heterocycles. The minimum absolute atomic E-state index is 0.276. The lowest BCUT2D eigenvalue weighted by atomic mass is 9.95. The topological polar surface area (TPSA) is 188 Å². The van der Waals surface area contributed by atoms with Crippen LogP contribution in [0.5, 0.6) is 0 Å². The van der Waals surface area contributed by atoms with Gasteiger partial charge in [0.05, 0.1) is 12.5 Å². The third kappa shape index (κ3) is 9.73. The van der Waals surface area contributed by atoms with E-state index in [-0.39, 0.29) is 12.3 Å². The van der Waals surface area contributed by atoms with E-state index in [0.717, 1.165) is 5.56 Å². The Balaban J connectivity index is 2.95. The molecule has 1 rings (SSSR count). The van der Waals surface area contributed by atoms with Crippen molar-refractivity contribution in [1.29, 1.82) is 0 Å². The largest absolute Gasteiger partial charge is 0.481 e. The van der Waals surface area contributed by atoms with E-state index in [2.05, 4.69) is 16.0 Å². The molecule has 0 aromatic heterocycles. The van der Waals surface area contributed by atoms with Crippen molar-refractivity contribution in [2.45, 2.75) is 71.1 Å². The van der Waals surface area contributed by atoms with E-state index in [0.29, 0.717) is 6.42 Å². The van der Waals surface area contributed by atoms with Crippen LogP contribution in [0.4, 0.5) is 0 Å². The maximum Gasteiger partial charge on any atom is 0.326 e. The van der Waals surface area contributed by atoms with Crippen LogP contribution in [0, 0.1) is 11.8 Å². The Kier molecular flexibility index (Phi) is 11.9. The van der Waals surface area contributed by atoms with Gasteiger partial charge in [-0.2, -0.15) is 0 Å². The van der Waals surface area contributed by atoms with E-state index in [1.54, 1.807) is 20.8 Å². The highest BCUT2D eigenvalue weighted by Gasteiger charge is 2.34. The number of rotatable bonds is 14. The maximum atomic E-state index is 13.1. The monoisotopic (exact) mass is 492 g/mol. The number of hydrogen-bond acceptors (Lipinski definition) is 6. The highest BCUT2D eigenvalue weighted by Crippen LogP contribution is 2.12. The number of hydrogen-bond donors (Lipinski definition) is 6. The van der Waals surface area contributed by atoms with Crippen molar-refractivity contribution >= 4 is 29.7 Å². The Morgan fingerprint density at radius 1 is 0.857 bits per heavy atom. The molecule has 7 N–H and O–H groups in total. The Bertz CT molecular complexity index is 891. The molecule has 1 aromatic carbocycles. The van der Waals surface area contributed by atoms with Gasteiger partial charge in [0.2, 0.25) is 17.7 Å². The number of nitrogens with two attached hydrogens (primary N) is 1. The van der Waals surface area contributed by atoms with Crippen LogP contribution in [0.3, 0.4) is 0 Å². The van der Waals surface area contributed by atoms with E-state index in [9.17, 15) is 29.1 Å². The minimum atomic E-state index is -1.65. The summed E-state index contributed by atoms with van der Waals surface area (Å²) in [7, 11) is 0. The first-order chi connectivity index (χ1) is 16.4. The van der Waals surface area contributed by atoms with Crippen LogP contribution < -0.4 is 21.7 Å². The van der Waals surface area contributed by atoms with Gasteiger partial charge in [-0.05, 0) is 23.8 Å². The summed E-state index contributed by atoms with van der Waals surface area (Å²) in [6, 6.07) is 4.50. The van der Waals surface area contributed by atoms with Crippen LogP contribution in [0.1, 0.15) is 46.1 Å². The molecule has 0 aliphatic carbocycles. The summed E-state index contributed by atoms with van der Waals surface area (Å²) in [5, 5.41) is 25.5. The Morgan fingerprint density at radius 2 is 1.40 bits per heavy atom. The van der Waals surface area contributed by atoms with E-state index >= 15 is 0 Å². The molecule has 0 aliphatic heterocycles. The molecule has 0 radical (unpaired) electrons. The molecule has 0 aliphatic rings. The minimum Gasteiger partial charge on any atom is -0.481 e. The van der Waals surface area contributed by atoms with Gasteiger partial charge < -0.3 is 31.9 Å². The zero-order valence-electron chi connectivity index (χ0n) is 20.5. The first-order valence-electron chi connectivity index (χ1n) is 11.5. The number of carbonyl (C=O) groups is 5. The summed E-state index contributed by atoms with van der Waals surface area (Å²) >= 11 is 0. The number of aliphatic carboxylic acids is 2. The lowest BCUT2D eigenvalue weighted by Gasteiger charge is -2.29. The molecule has 0 heterocycles. The summed E-state index contributed by atoms with van der Waals surface area (Å²) in [4.78, 5) is 60.8. The van der Waals surface area contributed by atoms with Gasteiger partial charge in [0.25, 0.3) is 0 Å². The van der Waals surface area contributed by atoms with Gasteiger partial charge in [0, 0.05) is 0 Å². The van der Waals surface area contributed by atoms with Gasteiger partial charge in [-0.3, -0.25) is 19.2 Å². The summed E-state index contributed by atoms with van der Waals surface area (Å²) in [6.07, 6.45) is 0.00786. The van der Waals surface area contributed by atoms with Gasteiger partial charge >= 0.3 is 11.9 Å². The smallest absolute Gasteiger partial charge is 0.326 e. The second kappa shape index (κ2) is 14.1. The number of nitrogens with one attached hydrogen (secondary N) is 3. The lowest BCUT2D eigenvalue weighted by molar-refractivity contribution is -0.147. The fourth-order valence-electron chi connectivity index (χ4n) is 3.34. The van der Waals surface area contributed by atoms with Crippen LogP contribution in [0.15, 0.2) is 30.3 Å². The van der Waals surface area contributed by atoms with Gasteiger partial charge in [0.15, 0.2) is 0 Å². The quantitative estimate of drug-likeness (QED) is 0.213. The van der Waals surface area contributed by atoms with E-state index in [4.69, 9.17) is 10.8 Å².